The Morgan fingerprint density at radius 3 is 2.72 bits per heavy atom. The van der Waals surface area contributed by atoms with Crippen LogP contribution in [0, 0.1) is 5.41 Å². The van der Waals surface area contributed by atoms with Gasteiger partial charge in [0, 0.05) is 36.1 Å². The molecule has 6 N–H and O–H groups in total. The van der Waals surface area contributed by atoms with E-state index in [2.05, 4.69) is 10.6 Å². The number of anilines is 2. The maximum atomic E-state index is 12.6. The fourth-order valence-electron chi connectivity index (χ4n) is 3.14. The number of carboxylic acids is 1. The number of nitrogen functional groups attached to an aromatic ring is 1. The standard InChI is InChI=1S/C20H21N5O4/c1-25-10-13-7-12(5-6-15(13)24-16(20(25)29)9-17(26)27)19(28)23-14-4-2-3-11(8-14)18(21)22/h2-8,16,24H,9-10H2,1H3,(H3,21,22)(H,23,28)(H,26,27). The van der Waals surface area contributed by atoms with Gasteiger partial charge in [0.25, 0.3) is 5.91 Å². The normalized spacial score (nSPS) is 15.7. The molecule has 150 valence electrons. The van der Waals surface area contributed by atoms with Crippen molar-refractivity contribution in [2.75, 3.05) is 17.7 Å². The molecule has 29 heavy (non-hydrogen) atoms. The van der Waals surface area contributed by atoms with Crippen LogP contribution in [0.4, 0.5) is 11.4 Å². The molecular weight excluding hydrogens is 374 g/mol. The van der Waals surface area contributed by atoms with Crippen LogP contribution in [0.15, 0.2) is 42.5 Å². The summed E-state index contributed by atoms with van der Waals surface area (Å²) in [6, 6.07) is 10.7. The van der Waals surface area contributed by atoms with Gasteiger partial charge in [-0.1, -0.05) is 12.1 Å². The number of hydrogen-bond donors (Lipinski definition) is 5. The van der Waals surface area contributed by atoms with Gasteiger partial charge in [0.05, 0.1) is 6.42 Å². The first-order valence-electron chi connectivity index (χ1n) is 8.86. The maximum Gasteiger partial charge on any atom is 0.305 e. The molecule has 1 atom stereocenters. The van der Waals surface area contributed by atoms with E-state index in [4.69, 9.17) is 16.2 Å². The van der Waals surface area contributed by atoms with Crippen LogP contribution in [0.1, 0.15) is 27.9 Å². The Balaban J connectivity index is 1.83. The lowest BCUT2D eigenvalue weighted by Gasteiger charge is -2.19. The van der Waals surface area contributed by atoms with Gasteiger partial charge in [-0.3, -0.25) is 19.8 Å². The highest BCUT2D eigenvalue weighted by atomic mass is 16.4. The van der Waals surface area contributed by atoms with Crippen molar-refractivity contribution in [2.24, 2.45) is 5.73 Å². The van der Waals surface area contributed by atoms with Gasteiger partial charge in [-0.05, 0) is 35.9 Å². The first kappa shape index (κ1) is 19.9. The molecule has 2 aromatic carbocycles. The molecule has 1 heterocycles. The van der Waals surface area contributed by atoms with Crippen molar-refractivity contribution in [3.05, 3.63) is 59.2 Å². The number of benzene rings is 2. The summed E-state index contributed by atoms with van der Waals surface area (Å²) in [5.74, 6) is -1.85. The summed E-state index contributed by atoms with van der Waals surface area (Å²) in [5.41, 5.74) is 8.19. The van der Waals surface area contributed by atoms with Crippen LogP contribution in [0.3, 0.4) is 0 Å². The van der Waals surface area contributed by atoms with Crippen molar-refractivity contribution in [1.82, 2.24) is 4.90 Å². The first-order chi connectivity index (χ1) is 13.7. The molecule has 0 spiro atoms. The van der Waals surface area contributed by atoms with E-state index in [0.29, 0.717) is 28.1 Å². The third kappa shape index (κ3) is 4.52. The number of nitrogens with zero attached hydrogens (tertiary/aromatic N) is 1. The first-order valence-corrected chi connectivity index (χ1v) is 8.86. The van der Waals surface area contributed by atoms with Crippen LogP contribution in [0.2, 0.25) is 0 Å². The topological polar surface area (TPSA) is 149 Å². The third-order valence-electron chi connectivity index (χ3n) is 4.59. The molecule has 9 nitrogen and oxygen atoms in total. The second-order valence-corrected chi connectivity index (χ2v) is 6.81. The van der Waals surface area contributed by atoms with E-state index in [1.807, 2.05) is 0 Å². The Hall–Kier alpha value is -3.88. The van der Waals surface area contributed by atoms with Crippen LogP contribution in [-0.2, 0) is 16.1 Å². The summed E-state index contributed by atoms with van der Waals surface area (Å²) < 4.78 is 0. The number of likely N-dealkylation sites (N-methyl/N-ethyl adjacent to an activating group) is 1. The van der Waals surface area contributed by atoms with Crippen molar-refractivity contribution in [3.8, 4) is 0 Å². The van der Waals surface area contributed by atoms with Crippen molar-refractivity contribution in [3.63, 3.8) is 0 Å². The molecule has 0 saturated heterocycles. The SMILES string of the molecule is CN1Cc2cc(C(=O)Nc3cccc(C(=N)N)c3)ccc2NC(CC(=O)O)C1=O. The van der Waals surface area contributed by atoms with E-state index in [0.717, 1.165) is 0 Å². The summed E-state index contributed by atoms with van der Waals surface area (Å²) in [6.45, 7) is 0.248. The van der Waals surface area contributed by atoms with Gasteiger partial charge in [0.1, 0.15) is 11.9 Å². The van der Waals surface area contributed by atoms with Crippen molar-refractivity contribution < 1.29 is 19.5 Å². The van der Waals surface area contributed by atoms with Gasteiger partial charge < -0.3 is 26.4 Å². The van der Waals surface area contributed by atoms with Crippen LogP contribution in [-0.4, -0.2) is 46.7 Å². The van der Waals surface area contributed by atoms with Crippen LogP contribution >= 0.6 is 0 Å². The number of carbonyl (C=O) groups excluding carboxylic acids is 2. The van der Waals surface area contributed by atoms with Gasteiger partial charge >= 0.3 is 5.97 Å². The van der Waals surface area contributed by atoms with Crippen molar-refractivity contribution in [1.29, 1.82) is 5.41 Å². The van der Waals surface area contributed by atoms with E-state index in [9.17, 15) is 14.4 Å². The molecule has 0 fully saturated rings. The Morgan fingerprint density at radius 1 is 1.28 bits per heavy atom. The van der Waals surface area contributed by atoms with E-state index in [1.54, 1.807) is 49.5 Å². The summed E-state index contributed by atoms with van der Waals surface area (Å²) >= 11 is 0. The molecule has 1 aliphatic heterocycles. The monoisotopic (exact) mass is 395 g/mol. The lowest BCUT2D eigenvalue weighted by atomic mass is 10.1. The number of rotatable bonds is 5. The van der Waals surface area contributed by atoms with Crippen LogP contribution in [0.25, 0.3) is 0 Å². The van der Waals surface area contributed by atoms with E-state index in [1.165, 1.54) is 4.90 Å². The zero-order chi connectivity index (χ0) is 21.1. The van der Waals surface area contributed by atoms with Gasteiger partial charge in [-0.15, -0.1) is 0 Å². The number of amidine groups is 1. The third-order valence-corrected chi connectivity index (χ3v) is 4.59. The van der Waals surface area contributed by atoms with Crippen molar-refractivity contribution in [2.45, 2.75) is 19.0 Å². The summed E-state index contributed by atoms with van der Waals surface area (Å²) in [6.07, 6.45) is -0.336. The molecule has 1 unspecified atom stereocenters. The predicted octanol–water partition coefficient (Wildman–Crippen LogP) is 1.45. The van der Waals surface area contributed by atoms with Crippen molar-refractivity contribution >= 4 is 35.0 Å². The zero-order valence-electron chi connectivity index (χ0n) is 15.7. The molecule has 0 aromatic heterocycles. The van der Waals surface area contributed by atoms with Gasteiger partial charge in [0.2, 0.25) is 5.91 Å². The Bertz CT molecular complexity index is 1000. The highest BCUT2D eigenvalue weighted by molar-refractivity contribution is 6.05. The largest absolute Gasteiger partial charge is 0.481 e. The van der Waals surface area contributed by atoms with Crippen LogP contribution in [0.5, 0.6) is 0 Å². The zero-order valence-corrected chi connectivity index (χ0v) is 15.7. The number of carbonyl (C=O) groups is 3. The fraction of sp³-hybridized carbons (Fsp3) is 0.200. The number of aliphatic carboxylic acids is 1. The Morgan fingerprint density at radius 2 is 2.03 bits per heavy atom. The average molecular weight is 395 g/mol. The molecule has 1 aliphatic rings. The van der Waals surface area contributed by atoms with Gasteiger partial charge in [-0.25, -0.2) is 0 Å². The molecule has 0 saturated carbocycles. The number of amides is 2. The summed E-state index contributed by atoms with van der Waals surface area (Å²) in [4.78, 5) is 37.5. The molecule has 0 aliphatic carbocycles. The van der Waals surface area contributed by atoms with Gasteiger partial charge in [0.15, 0.2) is 0 Å². The number of carboxylic acid groups (broad SMARTS) is 1. The molecule has 0 radical (unpaired) electrons. The average Bonchev–Trinajstić information content (AvgIpc) is 2.78. The minimum Gasteiger partial charge on any atom is -0.481 e. The highest BCUT2D eigenvalue weighted by Gasteiger charge is 2.29. The van der Waals surface area contributed by atoms with E-state index < -0.39 is 12.0 Å². The molecule has 2 amide bonds. The predicted molar refractivity (Wildman–Crippen MR) is 108 cm³/mol. The lowest BCUT2D eigenvalue weighted by molar-refractivity contribution is -0.141. The minimum atomic E-state index is -1.07. The minimum absolute atomic E-state index is 0.0965. The molecule has 0 bridgehead atoms. The molecule has 9 heteroatoms. The number of nitrogens with two attached hydrogens (primary N) is 1. The summed E-state index contributed by atoms with van der Waals surface area (Å²) in [5, 5.41) is 22.2. The quantitative estimate of drug-likeness (QED) is 0.382. The second kappa shape index (κ2) is 8.01. The van der Waals surface area contributed by atoms with Gasteiger partial charge in [-0.2, -0.15) is 0 Å². The highest BCUT2D eigenvalue weighted by Crippen LogP contribution is 2.25. The fourth-order valence-corrected chi connectivity index (χ4v) is 3.14. The maximum absolute atomic E-state index is 12.6. The van der Waals surface area contributed by atoms with E-state index >= 15 is 0 Å². The number of fused-ring (bicyclic) bond motifs is 1. The van der Waals surface area contributed by atoms with E-state index in [-0.39, 0.29) is 30.6 Å². The molecule has 2 aromatic rings. The number of hydrogen-bond acceptors (Lipinski definition) is 5. The number of nitrogens with one attached hydrogen (secondary N) is 3. The molecule has 3 rings (SSSR count). The second-order valence-electron chi connectivity index (χ2n) is 6.81. The lowest BCUT2D eigenvalue weighted by Crippen LogP contribution is -2.39. The van der Waals surface area contributed by atoms with Crippen LogP contribution < -0.4 is 16.4 Å². The smallest absolute Gasteiger partial charge is 0.305 e. The Kier molecular flexibility index (Phi) is 5.49. The molecular formula is C20H21N5O4. The summed E-state index contributed by atoms with van der Waals surface area (Å²) in [7, 11) is 1.59. The Labute approximate surface area is 167 Å².